The first-order valence-electron chi connectivity index (χ1n) is 7.67. The number of benzene rings is 1. The summed E-state index contributed by atoms with van der Waals surface area (Å²) in [7, 11) is 0. The minimum atomic E-state index is -0.980. The Bertz CT molecular complexity index is 612. The molecule has 0 radical (unpaired) electrons. The van der Waals surface area contributed by atoms with E-state index in [1.54, 1.807) is 12.1 Å². The Morgan fingerprint density at radius 2 is 2.12 bits per heavy atom. The summed E-state index contributed by atoms with van der Waals surface area (Å²) in [6, 6.07) is 5.27. The van der Waals surface area contributed by atoms with Crippen LogP contribution in [0.3, 0.4) is 0 Å². The fourth-order valence-corrected chi connectivity index (χ4v) is 3.10. The molecule has 2 N–H and O–H groups in total. The number of carboxylic acid groups (broad SMARTS) is 1. The largest absolute Gasteiger partial charge is 0.465 e. The summed E-state index contributed by atoms with van der Waals surface area (Å²) >= 11 is 12.1. The number of rotatable bonds is 4. The molecular weight excluding hydrogens is 355 g/mol. The van der Waals surface area contributed by atoms with Crippen LogP contribution in [0, 0.1) is 0 Å². The summed E-state index contributed by atoms with van der Waals surface area (Å²) < 4.78 is 5.87. The van der Waals surface area contributed by atoms with Crippen LogP contribution in [0.1, 0.15) is 24.8 Å². The van der Waals surface area contributed by atoms with Crippen molar-refractivity contribution in [3.63, 3.8) is 0 Å². The maximum atomic E-state index is 11.4. The van der Waals surface area contributed by atoms with E-state index in [2.05, 4.69) is 5.32 Å². The van der Waals surface area contributed by atoms with Crippen LogP contribution in [0.4, 0.5) is 4.79 Å². The lowest BCUT2D eigenvalue weighted by Crippen LogP contribution is -2.36. The molecule has 8 heteroatoms. The first kappa shape index (κ1) is 18.8. The fraction of sp³-hybridized carbons (Fsp3) is 0.500. The first-order valence-corrected chi connectivity index (χ1v) is 8.43. The third kappa shape index (κ3) is 5.00. The Morgan fingerprint density at radius 3 is 2.75 bits per heavy atom. The van der Waals surface area contributed by atoms with Crippen LogP contribution in [0.25, 0.3) is 0 Å². The monoisotopic (exact) mass is 374 g/mol. The van der Waals surface area contributed by atoms with Crippen molar-refractivity contribution in [2.45, 2.75) is 25.4 Å². The van der Waals surface area contributed by atoms with Gasteiger partial charge in [-0.1, -0.05) is 29.3 Å². The molecule has 0 aromatic heterocycles. The second-order valence-electron chi connectivity index (χ2n) is 5.69. The quantitative estimate of drug-likeness (QED) is 0.848. The topological polar surface area (TPSA) is 78.9 Å². The van der Waals surface area contributed by atoms with Crippen molar-refractivity contribution in [3.05, 3.63) is 33.8 Å². The van der Waals surface area contributed by atoms with Crippen LogP contribution < -0.4 is 5.32 Å². The highest BCUT2D eigenvalue weighted by atomic mass is 35.5. The van der Waals surface area contributed by atoms with E-state index in [0.29, 0.717) is 42.7 Å². The fourth-order valence-electron chi connectivity index (χ4n) is 2.79. The molecule has 2 atom stereocenters. The van der Waals surface area contributed by atoms with Crippen molar-refractivity contribution in [3.8, 4) is 0 Å². The lowest BCUT2D eigenvalue weighted by molar-refractivity contribution is -0.119. The molecular formula is C16H20Cl2N2O4. The number of carbonyl (C=O) groups is 2. The van der Waals surface area contributed by atoms with Crippen molar-refractivity contribution in [2.75, 3.05) is 26.2 Å². The Balaban J connectivity index is 2.23. The second-order valence-corrected chi connectivity index (χ2v) is 6.50. The Hall–Kier alpha value is -1.50. The van der Waals surface area contributed by atoms with Gasteiger partial charge < -0.3 is 20.1 Å². The van der Waals surface area contributed by atoms with Gasteiger partial charge in [-0.2, -0.15) is 0 Å². The molecule has 2 amide bonds. The molecule has 2 rings (SSSR count). The molecule has 1 saturated heterocycles. The molecule has 1 aromatic carbocycles. The molecule has 1 heterocycles. The zero-order chi connectivity index (χ0) is 17.7. The van der Waals surface area contributed by atoms with Crippen molar-refractivity contribution >= 4 is 35.2 Å². The number of amides is 2. The smallest absolute Gasteiger partial charge is 0.407 e. The molecule has 1 aromatic rings. The van der Waals surface area contributed by atoms with Gasteiger partial charge in [-0.05, 0) is 24.1 Å². The maximum Gasteiger partial charge on any atom is 0.407 e. The molecule has 0 aliphatic carbocycles. The van der Waals surface area contributed by atoms with E-state index in [1.807, 2.05) is 6.07 Å². The van der Waals surface area contributed by atoms with Gasteiger partial charge in [-0.3, -0.25) is 4.79 Å². The van der Waals surface area contributed by atoms with Crippen LogP contribution in [0.5, 0.6) is 0 Å². The lowest BCUT2D eigenvalue weighted by Gasteiger charge is -2.27. The Morgan fingerprint density at radius 1 is 1.38 bits per heavy atom. The zero-order valence-electron chi connectivity index (χ0n) is 13.3. The van der Waals surface area contributed by atoms with Gasteiger partial charge in [0.15, 0.2) is 0 Å². The minimum absolute atomic E-state index is 0.109. The summed E-state index contributed by atoms with van der Waals surface area (Å²) in [5.74, 6) is -0.297. The Labute approximate surface area is 150 Å². The molecule has 1 unspecified atom stereocenters. The predicted octanol–water partition coefficient (Wildman–Crippen LogP) is 2.98. The van der Waals surface area contributed by atoms with E-state index < -0.39 is 6.09 Å². The molecule has 0 spiro atoms. The Kier molecular flexibility index (Phi) is 6.71. The van der Waals surface area contributed by atoms with E-state index in [1.165, 1.54) is 11.8 Å². The van der Waals surface area contributed by atoms with Gasteiger partial charge in [-0.25, -0.2) is 4.79 Å². The van der Waals surface area contributed by atoms with E-state index in [0.717, 1.165) is 5.56 Å². The average Bonchev–Trinajstić information content (AvgIpc) is 2.72. The molecule has 1 fully saturated rings. The minimum Gasteiger partial charge on any atom is -0.465 e. The second kappa shape index (κ2) is 8.55. The van der Waals surface area contributed by atoms with Crippen LogP contribution in [0.2, 0.25) is 10.0 Å². The van der Waals surface area contributed by atoms with Crippen molar-refractivity contribution in [1.29, 1.82) is 0 Å². The van der Waals surface area contributed by atoms with Crippen molar-refractivity contribution in [2.24, 2.45) is 0 Å². The normalized spacial score (nSPS) is 21.2. The average molecular weight is 375 g/mol. The summed E-state index contributed by atoms with van der Waals surface area (Å²) in [6.45, 7) is 2.85. The van der Waals surface area contributed by atoms with Crippen molar-refractivity contribution in [1.82, 2.24) is 10.2 Å². The van der Waals surface area contributed by atoms with Crippen LogP contribution in [-0.2, 0) is 9.53 Å². The van der Waals surface area contributed by atoms with Crippen LogP contribution >= 0.6 is 23.2 Å². The number of ether oxygens (including phenoxy) is 1. The molecule has 0 saturated carbocycles. The molecule has 0 bridgehead atoms. The summed E-state index contributed by atoms with van der Waals surface area (Å²) in [6.07, 6.45) is -0.623. The maximum absolute atomic E-state index is 11.4. The molecule has 1 aliphatic heterocycles. The van der Waals surface area contributed by atoms with Gasteiger partial charge in [0.05, 0.1) is 22.8 Å². The molecule has 1 aliphatic rings. The zero-order valence-corrected chi connectivity index (χ0v) is 14.8. The lowest BCUT2D eigenvalue weighted by atomic mass is 9.91. The van der Waals surface area contributed by atoms with E-state index >= 15 is 0 Å². The highest BCUT2D eigenvalue weighted by molar-refractivity contribution is 6.42. The van der Waals surface area contributed by atoms with Gasteiger partial charge >= 0.3 is 6.09 Å². The number of carbonyl (C=O) groups excluding carboxylic acids is 1. The highest BCUT2D eigenvalue weighted by Crippen LogP contribution is 2.32. The first-order chi connectivity index (χ1) is 11.4. The van der Waals surface area contributed by atoms with Crippen molar-refractivity contribution < 1.29 is 19.4 Å². The van der Waals surface area contributed by atoms with E-state index in [4.69, 9.17) is 27.9 Å². The van der Waals surface area contributed by atoms with E-state index in [9.17, 15) is 14.7 Å². The number of nitrogens with one attached hydrogen (secondary N) is 1. The molecule has 6 nitrogen and oxygen atoms in total. The third-order valence-electron chi connectivity index (χ3n) is 4.00. The summed E-state index contributed by atoms with van der Waals surface area (Å²) in [5.41, 5.74) is 0.866. The van der Waals surface area contributed by atoms with Gasteiger partial charge in [0, 0.05) is 32.5 Å². The molecule has 132 valence electrons. The number of nitrogens with zero attached hydrogens (tertiary/aromatic N) is 1. The van der Waals surface area contributed by atoms with Gasteiger partial charge in [-0.15, -0.1) is 0 Å². The predicted molar refractivity (Wildman–Crippen MR) is 91.8 cm³/mol. The highest BCUT2D eigenvalue weighted by Gasteiger charge is 2.31. The van der Waals surface area contributed by atoms with E-state index in [-0.39, 0.29) is 17.9 Å². The van der Waals surface area contributed by atoms with Gasteiger partial charge in [0.2, 0.25) is 5.91 Å². The number of hydrogen-bond donors (Lipinski definition) is 2. The number of hydrogen-bond acceptors (Lipinski definition) is 3. The van der Waals surface area contributed by atoms with Gasteiger partial charge in [0.1, 0.15) is 0 Å². The standard InChI is InChI=1S/C16H20Cl2N2O4/c1-10(21)19-5-4-15-12(9-20(16(22)23)6-7-24-15)11-2-3-13(17)14(18)8-11/h2-3,8,12,15H,4-7,9H2,1H3,(H,19,21)(H,22,23)/t12-,15?/m1/s1. The summed E-state index contributed by atoms with van der Waals surface area (Å²) in [4.78, 5) is 23.8. The van der Waals surface area contributed by atoms with Crippen LogP contribution in [0.15, 0.2) is 18.2 Å². The summed E-state index contributed by atoms with van der Waals surface area (Å²) in [5, 5.41) is 12.9. The third-order valence-corrected chi connectivity index (χ3v) is 4.74. The molecule has 24 heavy (non-hydrogen) atoms. The van der Waals surface area contributed by atoms with Gasteiger partial charge in [0.25, 0.3) is 0 Å². The van der Waals surface area contributed by atoms with Crippen LogP contribution in [-0.4, -0.2) is 54.4 Å². The SMILES string of the molecule is CC(=O)NCCC1OCCN(C(=O)O)C[C@@H]1c1ccc(Cl)c(Cl)c1. The number of halogens is 2.